The van der Waals surface area contributed by atoms with Crippen LogP contribution >= 0.6 is 0 Å². The fraction of sp³-hybridized carbons (Fsp3) is 0.379. The van der Waals surface area contributed by atoms with Gasteiger partial charge in [-0.1, -0.05) is 67.1 Å². The van der Waals surface area contributed by atoms with Crippen molar-refractivity contribution >= 4 is 23.0 Å². The van der Waals surface area contributed by atoms with Gasteiger partial charge in [0, 0.05) is 12.8 Å². The molecule has 3 heterocycles. The Bertz CT molecular complexity index is 1360. The number of aryl methyl sites for hydroxylation is 2. The molecule has 1 saturated heterocycles. The van der Waals surface area contributed by atoms with Crippen molar-refractivity contribution in [3.63, 3.8) is 0 Å². The molecule has 0 spiro atoms. The minimum atomic E-state index is -0.789. The van der Waals surface area contributed by atoms with E-state index in [0.717, 1.165) is 17.5 Å². The van der Waals surface area contributed by atoms with E-state index in [0.29, 0.717) is 36.2 Å². The van der Waals surface area contributed by atoms with Gasteiger partial charge in [-0.2, -0.15) is 0 Å². The first-order valence-electron chi connectivity index (χ1n) is 13.1. The highest BCUT2D eigenvalue weighted by molar-refractivity contribution is 5.83. The quantitative estimate of drug-likeness (QED) is 0.297. The molecule has 1 fully saturated rings. The number of hydrogen-bond donors (Lipinski definition) is 2. The Morgan fingerprint density at radius 1 is 1.16 bits per heavy atom. The molecule has 1 aliphatic heterocycles. The largest absolute Gasteiger partial charge is 0.463 e. The third-order valence-corrected chi connectivity index (χ3v) is 6.89. The zero-order chi connectivity index (χ0) is 26.5. The molecule has 198 valence electrons. The van der Waals surface area contributed by atoms with E-state index in [2.05, 4.69) is 39.3 Å². The first-order chi connectivity index (χ1) is 18.5. The van der Waals surface area contributed by atoms with Crippen LogP contribution in [0.4, 0.5) is 5.82 Å². The molecular formula is C29H33N5O4. The first kappa shape index (κ1) is 25.8. The summed E-state index contributed by atoms with van der Waals surface area (Å²) in [6.07, 6.45) is 3.32. The average Bonchev–Trinajstić information content (AvgIpc) is 3.54. The second-order valence-electron chi connectivity index (χ2n) is 9.68. The van der Waals surface area contributed by atoms with Crippen LogP contribution in [0.2, 0.25) is 0 Å². The number of nitrogens with zero attached hydrogens (tertiary/aromatic N) is 4. The second kappa shape index (κ2) is 11.7. The fourth-order valence-corrected chi connectivity index (χ4v) is 4.76. The molecule has 1 unspecified atom stereocenters. The molecule has 5 rings (SSSR count). The summed E-state index contributed by atoms with van der Waals surface area (Å²) in [7, 11) is 0. The van der Waals surface area contributed by atoms with Gasteiger partial charge < -0.3 is 19.9 Å². The maximum Gasteiger partial charge on any atom is 0.306 e. The van der Waals surface area contributed by atoms with Crippen LogP contribution in [0.5, 0.6) is 0 Å². The maximum atomic E-state index is 12.3. The Morgan fingerprint density at radius 3 is 2.71 bits per heavy atom. The van der Waals surface area contributed by atoms with Crippen molar-refractivity contribution in [3.8, 4) is 0 Å². The standard InChI is InChI=1S/C29H33N5O4/c1-3-23(21-7-5-4-6-8-21)33-27-26-28(31-17-30-27)34(18-32-26)29-24(35)15-22(38-29)16-37-25(36)14-13-20-11-9-19(2)10-12-20/h4-12,17-18,22-24,29,35H,3,13-16H2,1-2H3,(H,30,31,33)/t22-,23-,24?,29+/m0/s1. The summed E-state index contributed by atoms with van der Waals surface area (Å²) in [6, 6.07) is 18.4. The number of hydrogen-bond acceptors (Lipinski definition) is 8. The Morgan fingerprint density at radius 2 is 1.95 bits per heavy atom. The Labute approximate surface area is 221 Å². The van der Waals surface area contributed by atoms with Crippen molar-refractivity contribution in [2.75, 3.05) is 11.9 Å². The van der Waals surface area contributed by atoms with Crippen molar-refractivity contribution in [2.45, 2.75) is 64.0 Å². The third kappa shape index (κ3) is 5.84. The lowest BCUT2D eigenvalue weighted by Gasteiger charge is -2.19. The molecule has 2 aromatic carbocycles. The van der Waals surface area contributed by atoms with Crippen LogP contribution in [0.1, 0.15) is 55.1 Å². The number of anilines is 1. The van der Waals surface area contributed by atoms with Crippen molar-refractivity contribution in [2.24, 2.45) is 0 Å². The van der Waals surface area contributed by atoms with E-state index in [1.54, 1.807) is 10.9 Å². The van der Waals surface area contributed by atoms with Crippen molar-refractivity contribution in [3.05, 3.63) is 83.9 Å². The SMILES string of the molecule is CC[C@H](Nc1ncnc2c1ncn2[C@@H]1O[C@H](COC(=O)CCc2ccc(C)cc2)CC1O)c1ccccc1. The molecule has 4 atom stereocenters. The molecule has 0 radical (unpaired) electrons. The molecule has 0 bridgehead atoms. The van der Waals surface area contributed by atoms with E-state index in [1.807, 2.05) is 49.4 Å². The number of carbonyl (C=O) groups excluding carboxylic acids is 1. The summed E-state index contributed by atoms with van der Waals surface area (Å²) in [5.41, 5.74) is 4.60. The van der Waals surface area contributed by atoms with Gasteiger partial charge in [0.05, 0.1) is 18.5 Å². The van der Waals surface area contributed by atoms with Crippen LogP contribution in [0.15, 0.2) is 67.3 Å². The van der Waals surface area contributed by atoms with E-state index >= 15 is 0 Å². The lowest BCUT2D eigenvalue weighted by atomic mass is 10.0. The lowest BCUT2D eigenvalue weighted by molar-refractivity contribution is -0.148. The normalized spacial score (nSPS) is 19.9. The molecule has 38 heavy (non-hydrogen) atoms. The second-order valence-corrected chi connectivity index (χ2v) is 9.68. The summed E-state index contributed by atoms with van der Waals surface area (Å²) >= 11 is 0. The van der Waals surface area contributed by atoms with Crippen LogP contribution in [0.25, 0.3) is 11.2 Å². The number of fused-ring (bicyclic) bond motifs is 1. The number of aromatic nitrogens is 4. The smallest absolute Gasteiger partial charge is 0.306 e. The van der Waals surface area contributed by atoms with Gasteiger partial charge in [-0.25, -0.2) is 15.0 Å². The number of aliphatic hydroxyl groups is 1. The minimum Gasteiger partial charge on any atom is -0.463 e. The van der Waals surface area contributed by atoms with Gasteiger partial charge in [-0.15, -0.1) is 0 Å². The van der Waals surface area contributed by atoms with Gasteiger partial charge in [-0.3, -0.25) is 9.36 Å². The number of nitrogens with one attached hydrogen (secondary N) is 1. The molecule has 4 aromatic rings. The third-order valence-electron chi connectivity index (χ3n) is 6.89. The van der Waals surface area contributed by atoms with Crippen molar-refractivity contribution < 1.29 is 19.4 Å². The number of benzene rings is 2. The van der Waals surface area contributed by atoms with Crippen LogP contribution in [0, 0.1) is 6.92 Å². The summed E-state index contributed by atoms with van der Waals surface area (Å²) in [5.74, 6) is 0.337. The highest BCUT2D eigenvalue weighted by atomic mass is 16.6. The van der Waals surface area contributed by atoms with Gasteiger partial charge in [0.25, 0.3) is 0 Å². The summed E-state index contributed by atoms with van der Waals surface area (Å²) < 4.78 is 13.3. The number of ether oxygens (including phenoxy) is 2. The average molecular weight is 516 g/mol. The van der Waals surface area contributed by atoms with Gasteiger partial charge in [-0.05, 0) is 30.9 Å². The zero-order valence-electron chi connectivity index (χ0n) is 21.7. The minimum absolute atomic E-state index is 0.0674. The summed E-state index contributed by atoms with van der Waals surface area (Å²) in [4.78, 5) is 25.7. The first-order valence-corrected chi connectivity index (χ1v) is 13.1. The van der Waals surface area contributed by atoms with Gasteiger partial charge in [0.2, 0.25) is 0 Å². The predicted molar refractivity (Wildman–Crippen MR) is 143 cm³/mol. The molecular weight excluding hydrogens is 482 g/mol. The highest BCUT2D eigenvalue weighted by Crippen LogP contribution is 2.33. The van der Waals surface area contributed by atoms with E-state index in [4.69, 9.17) is 9.47 Å². The maximum absolute atomic E-state index is 12.3. The Hall–Kier alpha value is -3.82. The summed E-state index contributed by atoms with van der Waals surface area (Å²) in [5, 5.41) is 14.2. The molecule has 0 aliphatic carbocycles. The molecule has 1 aliphatic rings. The van der Waals surface area contributed by atoms with Crippen LogP contribution < -0.4 is 5.32 Å². The van der Waals surface area contributed by atoms with E-state index in [1.165, 1.54) is 11.9 Å². The molecule has 2 aromatic heterocycles. The Kier molecular flexibility index (Phi) is 7.95. The number of aliphatic hydroxyl groups excluding tert-OH is 1. The van der Waals surface area contributed by atoms with Crippen LogP contribution in [-0.4, -0.2) is 49.4 Å². The molecule has 9 heteroatoms. The van der Waals surface area contributed by atoms with Crippen LogP contribution in [-0.2, 0) is 20.7 Å². The number of rotatable bonds is 10. The topological polar surface area (TPSA) is 111 Å². The lowest BCUT2D eigenvalue weighted by Crippen LogP contribution is -2.20. The molecule has 9 nitrogen and oxygen atoms in total. The predicted octanol–water partition coefficient (Wildman–Crippen LogP) is 4.52. The van der Waals surface area contributed by atoms with Crippen molar-refractivity contribution in [1.82, 2.24) is 19.5 Å². The van der Waals surface area contributed by atoms with Gasteiger partial charge in [0.1, 0.15) is 19.0 Å². The van der Waals surface area contributed by atoms with Gasteiger partial charge in [0.15, 0.2) is 23.2 Å². The number of carbonyl (C=O) groups is 1. The number of imidazole rings is 1. The van der Waals surface area contributed by atoms with Crippen molar-refractivity contribution in [1.29, 1.82) is 0 Å². The monoisotopic (exact) mass is 515 g/mol. The summed E-state index contributed by atoms with van der Waals surface area (Å²) in [6.45, 7) is 4.23. The van der Waals surface area contributed by atoms with E-state index < -0.39 is 18.4 Å². The van der Waals surface area contributed by atoms with E-state index in [9.17, 15) is 9.90 Å². The highest BCUT2D eigenvalue weighted by Gasteiger charge is 2.37. The Balaban J connectivity index is 1.21. The molecule has 0 saturated carbocycles. The molecule has 0 amide bonds. The van der Waals surface area contributed by atoms with E-state index in [-0.39, 0.29) is 18.6 Å². The van der Waals surface area contributed by atoms with Crippen LogP contribution in [0.3, 0.4) is 0 Å². The molecule has 2 N–H and O–H groups in total. The van der Waals surface area contributed by atoms with Gasteiger partial charge >= 0.3 is 5.97 Å². The zero-order valence-corrected chi connectivity index (χ0v) is 21.7. The fourth-order valence-electron chi connectivity index (χ4n) is 4.76. The number of esters is 1.